The lowest BCUT2D eigenvalue weighted by atomic mass is 9.98. The molecule has 0 aliphatic carbocycles. The summed E-state index contributed by atoms with van der Waals surface area (Å²) in [6, 6.07) is 20.4. The molecule has 0 aliphatic heterocycles. The SMILES string of the molecule is CCc1ccccc1OCc1cc(-c2cccc(CN)c2)c2occc2c1OC. The van der Waals surface area contributed by atoms with Gasteiger partial charge in [-0.05, 0) is 47.4 Å². The Kier molecular flexibility index (Phi) is 5.54. The second-order valence-electron chi connectivity index (χ2n) is 6.93. The van der Waals surface area contributed by atoms with Gasteiger partial charge in [0, 0.05) is 17.7 Å². The van der Waals surface area contributed by atoms with E-state index in [1.54, 1.807) is 13.4 Å². The van der Waals surface area contributed by atoms with E-state index in [0.29, 0.717) is 13.2 Å². The first-order chi connectivity index (χ1) is 14.2. The minimum atomic E-state index is 0.408. The Morgan fingerprint density at radius 3 is 2.62 bits per heavy atom. The molecule has 0 atom stereocenters. The highest BCUT2D eigenvalue weighted by molar-refractivity contribution is 5.97. The maximum Gasteiger partial charge on any atom is 0.145 e. The minimum absolute atomic E-state index is 0.408. The zero-order valence-electron chi connectivity index (χ0n) is 16.8. The lowest BCUT2D eigenvalue weighted by molar-refractivity contribution is 0.295. The van der Waals surface area contributed by atoms with E-state index in [1.165, 1.54) is 5.56 Å². The highest BCUT2D eigenvalue weighted by atomic mass is 16.5. The third kappa shape index (κ3) is 3.71. The van der Waals surface area contributed by atoms with Crippen LogP contribution in [-0.4, -0.2) is 7.11 Å². The van der Waals surface area contributed by atoms with Crippen molar-refractivity contribution in [2.24, 2.45) is 5.73 Å². The number of hydrogen-bond donors (Lipinski definition) is 1. The number of para-hydroxylation sites is 1. The molecule has 3 aromatic carbocycles. The van der Waals surface area contributed by atoms with E-state index in [4.69, 9.17) is 19.6 Å². The van der Waals surface area contributed by atoms with Crippen LogP contribution in [0.3, 0.4) is 0 Å². The van der Waals surface area contributed by atoms with Crippen LogP contribution in [0.2, 0.25) is 0 Å². The Balaban J connectivity index is 1.79. The highest BCUT2D eigenvalue weighted by Crippen LogP contribution is 2.39. The molecular weight excluding hydrogens is 362 g/mol. The van der Waals surface area contributed by atoms with Crippen LogP contribution in [0.15, 0.2) is 71.3 Å². The van der Waals surface area contributed by atoms with Crippen LogP contribution >= 0.6 is 0 Å². The monoisotopic (exact) mass is 387 g/mol. The van der Waals surface area contributed by atoms with Crippen molar-refractivity contribution in [3.8, 4) is 22.6 Å². The van der Waals surface area contributed by atoms with Gasteiger partial charge in [-0.1, -0.05) is 43.3 Å². The summed E-state index contributed by atoms with van der Waals surface area (Å²) in [5.74, 6) is 1.68. The van der Waals surface area contributed by atoms with Crippen molar-refractivity contribution in [1.29, 1.82) is 0 Å². The van der Waals surface area contributed by atoms with Crippen LogP contribution in [-0.2, 0) is 19.6 Å². The summed E-state index contributed by atoms with van der Waals surface area (Å²) in [4.78, 5) is 0. The third-order valence-corrected chi connectivity index (χ3v) is 5.18. The quantitative estimate of drug-likeness (QED) is 0.441. The first-order valence-corrected chi connectivity index (χ1v) is 9.82. The molecule has 4 heteroatoms. The van der Waals surface area contributed by atoms with E-state index in [0.717, 1.165) is 51.1 Å². The van der Waals surface area contributed by atoms with Crippen LogP contribution in [0.4, 0.5) is 0 Å². The Labute approximate surface area is 170 Å². The van der Waals surface area contributed by atoms with Crippen molar-refractivity contribution in [3.63, 3.8) is 0 Å². The molecule has 4 aromatic rings. The molecule has 1 aromatic heterocycles. The lowest BCUT2D eigenvalue weighted by Crippen LogP contribution is -2.02. The first-order valence-electron chi connectivity index (χ1n) is 9.82. The Morgan fingerprint density at radius 2 is 1.83 bits per heavy atom. The van der Waals surface area contributed by atoms with E-state index in [2.05, 4.69) is 31.2 Å². The van der Waals surface area contributed by atoms with Crippen molar-refractivity contribution in [3.05, 3.63) is 83.6 Å². The largest absolute Gasteiger partial charge is 0.496 e. The van der Waals surface area contributed by atoms with Gasteiger partial charge in [0.25, 0.3) is 0 Å². The van der Waals surface area contributed by atoms with Crippen molar-refractivity contribution >= 4 is 11.0 Å². The van der Waals surface area contributed by atoms with E-state index in [-0.39, 0.29) is 0 Å². The second kappa shape index (κ2) is 8.41. The van der Waals surface area contributed by atoms with Crippen LogP contribution in [0, 0.1) is 0 Å². The number of nitrogens with two attached hydrogens (primary N) is 1. The standard InChI is InChI=1S/C25H25NO3/c1-3-18-8-4-5-10-23(18)29-16-20-14-22(19-9-6-7-17(13-19)15-26)25-21(11-12-28-25)24(20)27-2/h4-14H,3,15-16,26H2,1-2H3. The zero-order chi connectivity index (χ0) is 20.2. The summed E-state index contributed by atoms with van der Waals surface area (Å²) in [5, 5.41) is 0.936. The summed E-state index contributed by atoms with van der Waals surface area (Å²) in [6.07, 6.45) is 2.62. The van der Waals surface area contributed by atoms with Crippen LogP contribution in [0.25, 0.3) is 22.1 Å². The average molecular weight is 387 g/mol. The molecule has 0 spiro atoms. The van der Waals surface area contributed by atoms with Gasteiger partial charge >= 0.3 is 0 Å². The smallest absolute Gasteiger partial charge is 0.145 e. The third-order valence-electron chi connectivity index (χ3n) is 5.18. The number of aryl methyl sites for hydroxylation is 1. The highest BCUT2D eigenvalue weighted by Gasteiger charge is 2.17. The van der Waals surface area contributed by atoms with Crippen molar-refractivity contribution in [2.75, 3.05) is 7.11 Å². The van der Waals surface area contributed by atoms with Gasteiger partial charge in [-0.3, -0.25) is 0 Å². The Bertz CT molecular complexity index is 1130. The molecular formula is C25H25NO3. The first kappa shape index (κ1) is 19.1. The van der Waals surface area contributed by atoms with Crippen LogP contribution in [0.1, 0.15) is 23.6 Å². The summed E-state index contributed by atoms with van der Waals surface area (Å²) in [6.45, 7) is 3.03. The predicted octanol–water partition coefficient (Wildman–Crippen LogP) is 5.71. The number of hydrogen-bond acceptors (Lipinski definition) is 4. The molecule has 29 heavy (non-hydrogen) atoms. The fourth-order valence-electron chi connectivity index (χ4n) is 3.70. The number of fused-ring (bicyclic) bond motifs is 1. The van der Waals surface area contributed by atoms with Crippen molar-refractivity contribution in [2.45, 2.75) is 26.5 Å². The van der Waals surface area contributed by atoms with Crippen molar-refractivity contribution in [1.82, 2.24) is 0 Å². The Morgan fingerprint density at radius 1 is 0.966 bits per heavy atom. The summed E-state index contributed by atoms with van der Waals surface area (Å²) >= 11 is 0. The number of ether oxygens (including phenoxy) is 2. The van der Waals surface area contributed by atoms with Gasteiger partial charge in [-0.25, -0.2) is 0 Å². The summed E-state index contributed by atoms with van der Waals surface area (Å²) < 4.78 is 17.7. The van der Waals surface area contributed by atoms with Gasteiger partial charge in [0.05, 0.1) is 18.8 Å². The van der Waals surface area contributed by atoms with Gasteiger partial charge in [0.1, 0.15) is 23.7 Å². The fraction of sp³-hybridized carbons (Fsp3) is 0.200. The van der Waals surface area contributed by atoms with Gasteiger partial charge < -0.3 is 19.6 Å². The van der Waals surface area contributed by atoms with Gasteiger partial charge in [-0.15, -0.1) is 0 Å². The predicted molar refractivity (Wildman–Crippen MR) is 116 cm³/mol. The number of furan rings is 1. The molecule has 2 N–H and O–H groups in total. The van der Waals surface area contributed by atoms with Gasteiger partial charge in [0.15, 0.2) is 0 Å². The lowest BCUT2D eigenvalue weighted by Gasteiger charge is -2.15. The van der Waals surface area contributed by atoms with E-state index < -0.39 is 0 Å². The van der Waals surface area contributed by atoms with Crippen LogP contribution in [0.5, 0.6) is 11.5 Å². The molecule has 0 amide bonds. The number of rotatable bonds is 7. The van der Waals surface area contributed by atoms with Gasteiger partial charge in [0.2, 0.25) is 0 Å². The molecule has 0 radical (unpaired) electrons. The van der Waals surface area contributed by atoms with Crippen molar-refractivity contribution < 1.29 is 13.9 Å². The summed E-state index contributed by atoms with van der Waals surface area (Å²) in [5.41, 5.74) is 11.9. The number of methoxy groups -OCH3 is 1. The van der Waals surface area contributed by atoms with E-state index in [9.17, 15) is 0 Å². The molecule has 0 saturated carbocycles. The van der Waals surface area contributed by atoms with E-state index in [1.807, 2.05) is 36.4 Å². The second-order valence-corrected chi connectivity index (χ2v) is 6.93. The normalized spacial score (nSPS) is 11.0. The van der Waals surface area contributed by atoms with E-state index >= 15 is 0 Å². The molecule has 4 rings (SSSR count). The van der Waals surface area contributed by atoms with Gasteiger partial charge in [-0.2, -0.15) is 0 Å². The fourth-order valence-corrected chi connectivity index (χ4v) is 3.70. The molecule has 148 valence electrons. The minimum Gasteiger partial charge on any atom is -0.496 e. The molecule has 0 aliphatic rings. The maximum absolute atomic E-state index is 6.19. The summed E-state index contributed by atoms with van der Waals surface area (Å²) in [7, 11) is 1.68. The number of benzene rings is 3. The molecule has 0 bridgehead atoms. The zero-order valence-corrected chi connectivity index (χ0v) is 16.8. The molecule has 0 unspecified atom stereocenters. The molecule has 0 fully saturated rings. The maximum atomic E-state index is 6.19. The average Bonchev–Trinajstić information content (AvgIpc) is 3.26. The molecule has 4 nitrogen and oxygen atoms in total. The van der Waals surface area contributed by atoms with Crippen LogP contribution < -0.4 is 15.2 Å². The topological polar surface area (TPSA) is 57.6 Å². The molecule has 0 saturated heterocycles. The Hall–Kier alpha value is -3.24. The molecule has 1 heterocycles.